The molecule has 0 radical (unpaired) electrons. The van der Waals surface area contributed by atoms with E-state index in [1.54, 1.807) is 6.08 Å². The maximum atomic E-state index is 12.8. The lowest BCUT2D eigenvalue weighted by molar-refractivity contribution is 0.0687. The number of piperidine rings is 1. The van der Waals surface area contributed by atoms with Crippen molar-refractivity contribution < 1.29 is 14.7 Å². The number of amides is 1. The summed E-state index contributed by atoms with van der Waals surface area (Å²) in [5, 5.41) is 8.84. The van der Waals surface area contributed by atoms with E-state index in [0.29, 0.717) is 11.3 Å². The molecule has 1 aliphatic heterocycles. The predicted octanol–water partition coefficient (Wildman–Crippen LogP) is 2.97. The highest BCUT2D eigenvalue weighted by atomic mass is 16.4. The number of nitrogens with zero attached hydrogens (tertiary/aromatic N) is 3. The van der Waals surface area contributed by atoms with E-state index in [0.717, 1.165) is 31.5 Å². The van der Waals surface area contributed by atoms with Crippen molar-refractivity contribution >= 4 is 24.0 Å². The third-order valence-corrected chi connectivity index (χ3v) is 4.16. The molecular formula is C19H19N3O3. The summed E-state index contributed by atoms with van der Waals surface area (Å²) in [7, 11) is 0. The minimum Gasteiger partial charge on any atom is -0.476 e. The lowest BCUT2D eigenvalue weighted by atomic mass is 10.0. The van der Waals surface area contributed by atoms with Gasteiger partial charge in [0.1, 0.15) is 0 Å². The molecule has 0 unspecified atom stereocenters. The molecule has 0 aliphatic carbocycles. The minimum absolute atomic E-state index is 0.0484. The van der Waals surface area contributed by atoms with Crippen LogP contribution in [0.5, 0.6) is 0 Å². The van der Waals surface area contributed by atoms with Crippen molar-refractivity contribution in [3.63, 3.8) is 0 Å². The molecule has 1 amide bonds. The Balaban J connectivity index is 1.80. The van der Waals surface area contributed by atoms with Gasteiger partial charge in [0.15, 0.2) is 5.69 Å². The van der Waals surface area contributed by atoms with E-state index < -0.39 is 5.97 Å². The van der Waals surface area contributed by atoms with Crippen LogP contribution in [0.4, 0.5) is 0 Å². The Bertz CT molecular complexity index is 794. The smallest absolute Gasteiger partial charge is 0.356 e. The van der Waals surface area contributed by atoms with Gasteiger partial charge in [-0.25, -0.2) is 9.78 Å². The van der Waals surface area contributed by atoms with Crippen LogP contribution in [0.1, 0.15) is 51.4 Å². The van der Waals surface area contributed by atoms with Crippen LogP contribution in [0.2, 0.25) is 0 Å². The molecule has 25 heavy (non-hydrogen) atoms. The van der Waals surface area contributed by atoms with Crippen LogP contribution in [-0.4, -0.2) is 44.9 Å². The number of carboxylic acids is 1. The number of hydrogen-bond acceptors (Lipinski definition) is 4. The first-order valence-electron chi connectivity index (χ1n) is 8.27. The number of rotatable bonds is 4. The van der Waals surface area contributed by atoms with E-state index in [-0.39, 0.29) is 11.6 Å². The Morgan fingerprint density at radius 3 is 2.44 bits per heavy atom. The molecule has 0 spiro atoms. The highest BCUT2D eigenvalue weighted by molar-refractivity contribution is 5.98. The highest BCUT2D eigenvalue weighted by Crippen LogP contribution is 2.18. The zero-order valence-electron chi connectivity index (χ0n) is 13.8. The van der Waals surface area contributed by atoms with Gasteiger partial charge in [-0.1, -0.05) is 24.3 Å². The number of benzene rings is 1. The second kappa shape index (κ2) is 7.70. The van der Waals surface area contributed by atoms with Crippen molar-refractivity contribution in [3.8, 4) is 0 Å². The second-order valence-electron chi connectivity index (χ2n) is 5.91. The van der Waals surface area contributed by atoms with Crippen molar-refractivity contribution in [1.82, 2.24) is 14.9 Å². The Morgan fingerprint density at radius 1 is 1.00 bits per heavy atom. The number of carbonyl (C=O) groups is 2. The molecule has 1 aromatic heterocycles. The average molecular weight is 337 g/mol. The van der Waals surface area contributed by atoms with Gasteiger partial charge < -0.3 is 10.0 Å². The molecule has 1 fully saturated rings. The Kier molecular flexibility index (Phi) is 5.18. The number of aromatic nitrogens is 2. The molecule has 1 saturated heterocycles. The number of hydrogen-bond donors (Lipinski definition) is 1. The van der Waals surface area contributed by atoms with Gasteiger partial charge >= 0.3 is 5.97 Å². The lowest BCUT2D eigenvalue weighted by Gasteiger charge is -2.27. The van der Waals surface area contributed by atoms with Crippen molar-refractivity contribution in [3.05, 3.63) is 59.2 Å². The summed E-state index contributed by atoms with van der Waals surface area (Å²) in [6.45, 7) is 1.61. The van der Waals surface area contributed by atoms with Gasteiger partial charge in [0.2, 0.25) is 0 Å². The zero-order chi connectivity index (χ0) is 17.6. The first kappa shape index (κ1) is 16.8. The molecule has 3 rings (SSSR count). The van der Waals surface area contributed by atoms with Crippen LogP contribution in [0, 0.1) is 0 Å². The van der Waals surface area contributed by atoms with E-state index in [1.807, 2.05) is 35.2 Å². The molecule has 1 aliphatic rings. The van der Waals surface area contributed by atoms with Crippen LogP contribution in [0.15, 0.2) is 36.7 Å². The SMILES string of the molecule is O=C(O)c1cnc(/C=C/c2ccccc2C(=O)N2CCCCC2)cn1. The van der Waals surface area contributed by atoms with Crippen LogP contribution < -0.4 is 0 Å². The quantitative estimate of drug-likeness (QED) is 0.927. The average Bonchev–Trinajstić information content (AvgIpc) is 2.67. The van der Waals surface area contributed by atoms with Crippen molar-refractivity contribution in [2.45, 2.75) is 19.3 Å². The molecule has 6 heteroatoms. The van der Waals surface area contributed by atoms with E-state index >= 15 is 0 Å². The van der Waals surface area contributed by atoms with Gasteiger partial charge in [0.05, 0.1) is 18.1 Å². The van der Waals surface area contributed by atoms with Gasteiger partial charge in [-0.15, -0.1) is 0 Å². The molecule has 2 heterocycles. The Morgan fingerprint density at radius 2 is 1.76 bits per heavy atom. The highest BCUT2D eigenvalue weighted by Gasteiger charge is 2.19. The monoisotopic (exact) mass is 337 g/mol. The second-order valence-corrected chi connectivity index (χ2v) is 5.91. The lowest BCUT2D eigenvalue weighted by Crippen LogP contribution is -2.35. The Hall–Kier alpha value is -3.02. The Labute approximate surface area is 145 Å². The summed E-state index contributed by atoms with van der Waals surface area (Å²) < 4.78 is 0. The molecular weight excluding hydrogens is 318 g/mol. The van der Waals surface area contributed by atoms with E-state index in [1.165, 1.54) is 18.8 Å². The first-order valence-corrected chi connectivity index (χ1v) is 8.27. The fourth-order valence-electron chi connectivity index (χ4n) is 2.81. The molecule has 0 bridgehead atoms. The summed E-state index contributed by atoms with van der Waals surface area (Å²) in [6, 6.07) is 7.45. The predicted molar refractivity (Wildman–Crippen MR) is 94.1 cm³/mol. The fraction of sp³-hybridized carbons (Fsp3) is 0.263. The largest absolute Gasteiger partial charge is 0.476 e. The molecule has 6 nitrogen and oxygen atoms in total. The van der Waals surface area contributed by atoms with Gasteiger partial charge in [0, 0.05) is 18.7 Å². The summed E-state index contributed by atoms with van der Waals surface area (Å²) in [5.41, 5.74) is 1.90. The number of likely N-dealkylation sites (tertiary alicyclic amines) is 1. The first-order chi connectivity index (χ1) is 12.1. The van der Waals surface area contributed by atoms with Crippen LogP contribution in [0.3, 0.4) is 0 Å². The normalized spacial score (nSPS) is 14.6. The fourth-order valence-corrected chi connectivity index (χ4v) is 2.81. The topological polar surface area (TPSA) is 83.4 Å². The third kappa shape index (κ3) is 4.09. The molecule has 0 atom stereocenters. The molecule has 1 N–H and O–H groups in total. The van der Waals surface area contributed by atoms with E-state index in [2.05, 4.69) is 9.97 Å². The van der Waals surface area contributed by atoms with E-state index in [4.69, 9.17) is 5.11 Å². The van der Waals surface area contributed by atoms with Crippen molar-refractivity contribution in [2.75, 3.05) is 13.1 Å². The molecule has 0 saturated carbocycles. The van der Waals surface area contributed by atoms with Gasteiger partial charge in [-0.3, -0.25) is 9.78 Å². The zero-order valence-corrected chi connectivity index (χ0v) is 13.8. The standard InChI is InChI=1S/C19H19N3O3/c23-18(22-10-4-1-5-11-22)16-7-3-2-6-14(16)8-9-15-12-21-17(13-20-15)19(24)25/h2-3,6-9,12-13H,1,4-5,10-11H2,(H,24,25)/b9-8+. The van der Waals surface area contributed by atoms with Crippen LogP contribution in [0.25, 0.3) is 12.2 Å². The van der Waals surface area contributed by atoms with Gasteiger partial charge in [-0.2, -0.15) is 0 Å². The van der Waals surface area contributed by atoms with Crippen LogP contribution >= 0.6 is 0 Å². The van der Waals surface area contributed by atoms with Crippen molar-refractivity contribution in [1.29, 1.82) is 0 Å². The van der Waals surface area contributed by atoms with Crippen molar-refractivity contribution in [2.24, 2.45) is 0 Å². The summed E-state index contributed by atoms with van der Waals surface area (Å²) >= 11 is 0. The number of carbonyl (C=O) groups excluding carboxylic acids is 1. The third-order valence-electron chi connectivity index (χ3n) is 4.16. The van der Waals surface area contributed by atoms with Crippen LogP contribution in [-0.2, 0) is 0 Å². The number of carboxylic acid groups (broad SMARTS) is 1. The van der Waals surface area contributed by atoms with Gasteiger partial charge in [-0.05, 0) is 37.0 Å². The molecule has 2 aromatic rings. The maximum absolute atomic E-state index is 12.8. The van der Waals surface area contributed by atoms with E-state index in [9.17, 15) is 9.59 Å². The maximum Gasteiger partial charge on any atom is 0.356 e. The summed E-state index contributed by atoms with van der Waals surface area (Å²) in [6.07, 6.45) is 9.42. The molecule has 1 aromatic carbocycles. The summed E-state index contributed by atoms with van der Waals surface area (Å²) in [4.78, 5) is 33.3. The number of aromatic carboxylic acids is 1. The summed E-state index contributed by atoms with van der Waals surface area (Å²) in [5.74, 6) is -1.06. The minimum atomic E-state index is -1.11. The molecule has 128 valence electrons. The van der Waals surface area contributed by atoms with Gasteiger partial charge in [0.25, 0.3) is 5.91 Å².